The molecule has 0 saturated heterocycles. The van der Waals surface area contributed by atoms with Crippen LogP contribution in [0.1, 0.15) is 41.9 Å². The van der Waals surface area contributed by atoms with Gasteiger partial charge in [0.15, 0.2) is 11.8 Å². The molecule has 1 atom stereocenters. The lowest BCUT2D eigenvalue weighted by Crippen LogP contribution is -2.47. The lowest BCUT2D eigenvalue weighted by Gasteiger charge is -2.25. The number of methoxy groups -OCH3 is 1. The van der Waals surface area contributed by atoms with Gasteiger partial charge in [-0.1, -0.05) is 18.2 Å². The van der Waals surface area contributed by atoms with Gasteiger partial charge in [0.2, 0.25) is 0 Å². The third-order valence-electron chi connectivity index (χ3n) is 5.50. The maximum absolute atomic E-state index is 5.16. The number of para-hydroxylation sites is 1. The van der Waals surface area contributed by atoms with E-state index in [1.165, 1.54) is 0 Å². The number of nitrogens with one attached hydrogen (secondary N) is 2. The number of rotatable bonds is 7. The summed E-state index contributed by atoms with van der Waals surface area (Å²) >= 11 is 0. The summed E-state index contributed by atoms with van der Waals surface area (Å²) < 4.78 is 9.14. The van der Waals surface area contributed by atoms with Crippen LogP contribution in [0.3, 0.4) is 0 Å². The van der Waals surface area contributed by atoms with Crippen LogP contribution in [0.15, 0.2) is 35.3 Å². The van der Waals surface area contributed by atoms with Crippen molar-refractivity contribution in [2.45, 2.75) is 59.4 Å². The Bertz CT molecular complexity index is 1090. The van der Waals surface area contributed by atoms with Gasteiger partial charge in [0.1, 0.15) is 12.4 Å². The van der Waals surface area contributed by atoms with E-state index >= 15 is 0 Å². The molecule has 3 aromatic rings. The molecule has 9 nitrogen and oxygen atoms in total. The number of nitrogens with zero attached hydrogens (tertiary/aromatic N) is 6. The molecule has 10 heteroatoms. The maximum Gasteiger partial charge on any atom is 0.191 e. The molecule has 0 radical (unpaired) electrons. The average Bonchev–Trinajstić information content (AvgIpc) is 3.33. The van der Waals surface area contributed by atoms with Crippen molar-refractivity contribution in [2.24, 2.45) is 4.99 Å². The summed E-state index contributed by atoms with van der Waals surface area (Å²) in [7, 11) is 1.66. The van der Waals surface area contributed by atoms with Gasteiger partial charge in [-0.2, -0.15) is 10.2 Å². The molecule has 4 rings (SSSR count). The Labute approximate surface area is 212 Å². The minimum Gasteiger partial charge on any atom is -0.377 e. The van der Waals surface area contributed by atoms with Crippen molar-refractivity contribution >= 4 is 29.9 Å². The number of ether oxygens (including phenoxy) is 1. The summed E-state index contributed by atoms with van der Waals surface area (Å²) in [5.74, 6) is 2.57. The first-order chi connectivity index (χ1) is 15.6. The lowest BCUT2D eigenvalue weighted by atomic mass is 10.1. The zero-order valence-corrected chi connectivity index (χ0v) is 22.0. The predicted molar refractivity (Wildman–Crippen MR) is 139 cm³/mol. The number of aromatic nitrogens is 5. The standard InChI is InChI=1S/C23H32N8O.HI/c1-5-24-23(26-19-10-11-22-27-21(15-32-4)29-30(22)14-19)25-13-18-8-6-7-9-20(18)31-17(3)12-16(2)28-31;/h6-9,12,19H,5,10-11,13-15H2,1-4H3,(H2,24,25,26);1H. The van der Waals surface area contributed by atoms with Crippen LogP contribution in [-0.4, -0.2) is 50.2 Å². The van der Waals surface area contributed by atoms with E-state index in [2.05, 4.69) is 57.9 Å². The smallest absolute Gasteiger partial charge is 0.191 e. The van der Waals surface area contributed by atoms with Gasteiger partial charge in [0.05, 0.1) is 24.5 Å². The van der Waals surface area contributed by atoms with Gasteiger partial charge in [-0.25, -0.2) is 19.3 Å². The van der Waals surface area contributed by atoms with E-state index in [1.807, 2.05) is 28.4 Å². The van der Waals surface area contributed by atoms with E-state index in [9.17, 15) is 0 Å². The van der Waals surface area contributed by atoms with Gasteiger partial charge in [-0.05, 0) is 44.9 Å². The number of hydrogen-bond donors (Lipinski definition) is 2. The minimum atomic E-state index is 0. The zero-order valence-electron chi connectivity index (χ0n) is 19.7. The van der Waals surface area contributed by atoms with Crippen molar-refractivity contribution in [3.05, 3.63) is 58.9 Å². The van der Waals surface area contributed by atoms with Crippen molar-refractivity contribution in [1.82, 2.24) is 35.2 Å². The molecule has 0 aliphatic carbocycles. The van der Waals surface area contributed by atoms with Crippen molar-refractivity contribution in [2.75, 3.05) is 13.7 Å². The maximum atomic E-state index is 5.16. The number of fused-ring (bicyclic) bond motifs is 1. The highest BCUT2D eigenvalue weighted by molar-refractivity contribution is 14.0. The molecule has 1 aromatic carbocycles. The topological polar surface area (TPSA) is 94.2 Å². The Morgan fingerprint density at radius 3 is 2.79 bits per heavy atom. The van der Waals surface area contributed by atoms with Gasteiger partial charge in [0.25, 0.3) is 0 Å². The first-order valence-electron chi connectivity index (χ1n) is 11.1. The van der Waals surface area contributed by atoms with Crippen LogP contribution in [0.25, 0.3) is 5.69 Å². The molecule has 2 N–H and O–H groups in total. The summed E-state index contributed by atoms with van der Waals surface area (Å²) in [6.45, 7) is 8.73. The molecule has 0 amide bonds. The molecule has 178 valence electrons. The molecular weight excluding hydrogens is 531 g/mol. The van der Waals surface area contributed by atoms with Crippen LogP contribution in [0.5, 0.6) is 0 Å². The van der Waals surface area contributed by atoms with Gasteiger partial charge in [-0.15, -0.1) is 24.0 Å². The number of aliphatic imine (C=N–C) groups is 1. The summed E-state index contributed by atoms with van der Waals surface area (Å²) in [5.41, 5.74) is 4.31. The second-order valence-corrected chi connectivity index (χ2v) is 8.10. The Kier molecular flexibility index (Phi) is 8.84. The molecule has 0 fully saturated rings. The fourth-order valence-electron chi connectivity index (χ4n) is 4.07. The van der Waals surface area contributed by atoms with Gasteiger partial charge < -0.3 is 15.4 Å². The molecule has 1 aliphatic heterocycles. The van der Waals surface area contributed by atoms with Crippen LogP contribution in [0, 0.1) is 13.8 Å². The third-order valence-corrected chi connectivity index (χ3v) is 5.50. The monoisotopic (exact) mass is 564 g/mol. The van der Waals surface area contributed by atoms with E-state index in [-0.39, 0.29) is 30.0 Å². The first kappa shape index (κ1) is 25.2. The molecule has 33 heavy (non-hydrogen) atoms. The van der Waals surface area contributed by atoms with Crippen LogP contribution < -0.4 is 10.6 Å². The number of guanidine groups is 1. The first-order valence-corrected chi connectivity index (χ1v) is 11.1. The highest BCUT2D eigenvalue weighted by Gasteiger charge is 2.22. The summed E-state index contributed by atoms with van der Waals surface area (Å²) in [6, 6.07) is 10.6. The largest absolute Gasteiger partial charge is 0.377 e. The van der Waals surface area contributed by atoms with Crippen LogP contribution in [0.4, 0.5) is 0 Å². The molecule has 0 spiro atoms. The van der Waals surface area contributed by atoms with E-state index in [0.29, 0.717) is 13.2 Å². The fraction of sp³-hybridized carbons (Fsp3) is 0.478. The van der Waals surface area contributed by atoms with E-state index < -0.39 is 0 Å². The Hall–Kier alpha value is -2.47. The van der Waals surface area contributed by atoms with E-state index in [1.54, 1.807) is 7.11 Å². The second-order valence-electron chi connectivity index (χ2n) is 8.10. The average molecular weight is 564 g/mol. The van der Waals surface area contributed by atoms with Gasteiger partial charge in [-0.3, -0.25) is 0 Å². The summed E-state index contributed by atoms with van der Waals surface area (Å²) in [5, 5.41) is 16.2. The summed E-state index contributed by atoms with van der Waals surface area (Å²) in [6.07, 6.45) is 1.87. The van der Waals surface area contributed by atoms with Crippen molar-refractivity contribution < 1.29 is 4.74 Å². The highest BCUT2D eigenvalue weighted by atomic mass is 127. The normalized spacial score (nSPS) is 15.6. The molecule has 0 saturated carbocycles. The third kappa shape index (κ3) is 6.11. The molecule has 1 unspecified atom stereocenters. The molecule has 0 bridgehead atoms. The van der Waals surface area contributed by atoms with Crippen LogP contribution >= 0.6 is 24.0 Å². The van der Waals surface area contributed by atoms with Crippen molar-refractivity contribution in [3.8, 4) is 5.69 Å². The number of benzene rings is 1. The fourth-order valence-corrected chi connectivity index (χ4v) is 4.07. The van der Waals surface area contributed by atoms with Crippen molar-refractivity contribution in [3.63, 3.8) is 0 Å². The summed E-state index contributed by atoms with van der Waals surface area (Å²) in [4.78, 5) is 9.44. The predicted octanol–water partition coefficient (Wildman–Crippen LogP) is 2.92. The van der Waals surface area contributed by atoms with Crippen LogP contribution in [0.2, 0.25) is 0 Å². The Balaban J connectivity index is 0.00000306. The molecule has 2 aromatic heterocycles. The Morgan fingerprint density at radius 1 is 1.24 bits per heavy atom. The SMILES string of the molecule is CCNC(=NCc1ccccc1-n1nc(C)cc1C)NC1CCc2nc(COC)nn2C1.I. The quantitative estimate of drug-likeness (QED) is 0.261. The van der Waals surface area contributed by atoms with Crippen LogP contribution in [-0.2, 0) is 30.9 Å². The lowest BCUT2D eigenvalue weighted by molar-refractivity contribution is 0.177. The second kappa shape index (κ2) is 11.6. The number of hydrogen-bond acceptors (Lipinski definition) is 5. The van der Waals surface area contributed by atoms with Crippen molar-refractivity contribution in [1.29, 1.82) is 0 Å². The zero-order chi connectivity index (χ0) is 22.5. The number of aryl methyl sites for hydroxylation is 3. The van der Waals surface area contributed by atoms with E-state index in [4.69, 9.17) is 9.73 Å². The van der Waals surface area contributed by atoms with Gasteiger partial charge >= 0.3 is 0 Å². The molecule has 1 aliphatic rings. The number of halogens is 1. The van der Waals surface area contributed by atoms with E-state index in [0.717, 1.165) is 66.2 Å². The van der Waals surface area contributed by atoms with Gasteiger partial charge in [0, 0.05) is 31.8 Å². The highest BCUT2D eigenvalue weighted by Crippen LogP contribution is 2.18. The minimum absolute atomic E-state index is 0. The molecular formula is C23H33IN8O. The Morgan fingerprint density at radius 2 is 2.06 bits per heavy atom. The molecule has 3 heterocycles.